The van der Waals surface area contributed by atoms with E-state index in [-0.39, 0.29) is 6.10 Å². The number of nitrogens with zero attached hydrogens (tertiary/aromatic N) is 5. The van der Waals surface area contributed by atoms with Gasteiger partial charge < -0.3 is 9.64 Å². The summed E-state index contributed by atoms with van der Waals surface area (Å²) in [5.74, 6) is 0. The lowest BCUT2D eigenvalue weighted by Gasteiger charge is -2.40. The normalized spacial score (nSPS) is 24.3. The summed E-state index contributed by atoms with van der Waals surface area (Å²) < 4.78 is 9.31. The van der Waals surface area contributed by atoms with E-state index in [0.717, 1.165) is 35.9 Å². The van der Waals surface area contributed by atoms with Crippen molar-refractivity contribution in [3.05, 3.63) is 36.2 Å². The predicted molar refractivity (Wildman–Crippen MR) is 84.1 cm³/mol. The van der Waals surface area contributed by atoms with Gasteiger partial charge in [-0.25, -0.2) is 9.67 Å². The van der Waals surface area contributed by atoms with Crippen LogP contribution in [0.25, 0.3) is 10.2 Å². The maximum absolute atomic E-state index is 6.03. The van der Waals surface area contributed by atoms with E-state index in [1.165, 1.54) is 4.70 Å². The SMILES string of the molecule is c1ccc2sc(N3CC[C@H]4[C@H](C3)OCc3cnnn34)nc2c1. The summed E-state index contributed by atoms with van der Waals surface area (Å²) in [5, 5.41) is 9.33. The first-order chi connectivity index (χ1) is 10.9. The van der Waals surface area contributed by atoms with Gasteiger partial charge in [-0.05, 0) is 18.6 Å². The Morgan fingerprint density at radius 3 is 3.18 bits per heavy atom. The first kappa shape index (κ1) is 12.5. The number of aromatic nitrogens is 4. The highest BCUT2D eigenvalue weighted by molar-refractivity contribution is 7.22. The Morgan fingerprint density at radius 1 is 1.27 bits per heavy atom. The highest BCUT2D eigenvalue weighted by Crippen LogP contribution is 2.35. The molecular formula is C15H15N5OS. The molecule has 0 radical (unpaired) electrons. The molecule has 2 aliphatic heterocycles. The molecule has 0 unspecified atom stereocenters. The van der Waals surface area contributed by atoms with Crippen molar-refractivity contribution in [1.29, 1.82) is 0 Å². The van der Waals surface area contributed by atoms with Crippen LogP contribution < -0.4 is 4.90 Å². The lowest BCUT2D eigenvalue weighted by molar-refractivity contribution is -0.0334. The standard InChI is InChI=1S/C15H15N5OS/c1-2-4-14-11(3-1)17-15(22-14)19-6-5-12-13(8-19)21-9-10-7-16-18-20(10)12/h1-4,7,12-13H,5-6,8-9H2/t12-,13-/m0/s1. The molecule has 22 heavy (non-hydrogen) atoms. The molecule has 1 aromatic carbocycles. The van der Waals surface area contributed by atoms with Crippen LogP contribution in [-0.2, 0) is 11.3 Å². The summed E-state index contributed by atoms with van der Waals surface area (Å²) in [6, 6.07) is 8.60. The van der Waals surface area contributed by atoms with E-state index in [1.807, 2.05) is 10.7 Å². The van der Waals surface area contributed by atoms with Crippen LogP contribution in [0.2, 0.25) is 0 Å². The smallest absolute Gasteiger partial charge is 0.186 e. The van der Waals surface area contributed by atoms with Crippen LogP contribution in [0.5, 0.6) is 0 Å². The zero-order valence-electron chi connectivity index (χ0n) is 11.9. The average Bonchev–Trinajstić information content (AvgIpc) is 3.20. The van der Waals surface area contributed by atoms with Gasteiger partial charge in [0.2, 0.25) is 0 Å². The highest BCUT2D eigenvalue weighted by atomic mass is 32.1. The lowest BCUT2D eigenvalue weighted by Crippen LogP contribution is -2.48. The number of para-hydroxylation sites is 1. The number of piperidine rings is 1. The molecule has 0 bridgehead atoms. The van der Waals surface area contributed by atoms with Gasteiger partial charge in [-0.3, -0.25) is 0 Å². The summed E-state index contributed by atoms with van der Waals surface area (Å²) in [5.41, 5.74) is 2.16. The Morgan fingerprint density at radius 2 is 2.23 bits per heavy atom. The molecule has 0 N–H and O–H groups in total. The van der Waals surface area contributed by atoms with Gasteiger partial charge in [-0.2, -0.15) is 0 Å². The van der Waals surface area contributed by atoms with Gasteiger partial charge in [-0.15, -0.1) is 5.10 Å². The van der Waals surface area contributed by atoms with Crippen molar-refractivity contribution in [2.45, 2.75) is 25.2 Å². The Kier molecular flexibility index (Phi) is 2.71. The number of thiazole rings is 1. The van der Waals surface area contributed by atoms with Crippen LogP contribution in [0.3, 0.4) is 0 Å². The van der Waals surface area contributed by atoms with Gasteiger partial charge in [0.15, 0.2) is 5.13 Å². The van der Waals surface area contributed by atoms with Crippen molar-refractivity contribution < 1.29 is 4.74 Å². The molecule has 112 valence electrons. The quantitative estimate of drug-likeness (QED) is 0.689. The van der Waals surface area contributed by atoms with Crippen molar-refractivity contribution in [1.82, 2.24) is 20.0 Å². The number of hydrogen-bond donors (Lipinski definition) is 0. The van der Waals surface area contributed by atoms with E-state index in [9.17, 15) is 0 Å². The third kappa shape index (κ3) is 1.85. The molecule has 1 fully saturated rings. The van der Waals surface area contributed by atoms with E-state index in [4.69, 9.17) is 9.72 Å². The van der Waals surface area contributed by atoms with Crippen LogP contribution in [0.4, 0.5) is 5.13 Å². The third-order valence-corrected chi connectivity index (χ3v) is 5.58. The fraction of sp³-hybridized carbons (Fsp3) is 0.400. The second-order valence-electron chi connectivity index (χ2n) is 5.79. The van der Waals surface area contributed by atoms with Gasteiger partial charge in [0.05, 0.1) is 40.9 Å². The fourth-order valence-electron chi connectivity index (χ4n) is 3.36. The number of anilines is 1. The van der Waals surface area contributed by atoms with Crippen molar-refractivity contribution in [2.75, 3.05) is 18.0 Å². The van der Waals surface area contributed by atoms with E-state index in [2.05, 4.69) is 33.4 Å². The maximum Gasteiger partial charge on any atom is 0.186 e. The number of benzene rings is 1. The summed E-state index contributed by atoms with van der Waals surface area (Å²) in [4.78, 5) is 7.10. The van der Waals surface area contributed by atoms with Gasteiger partial charge in [0.25, 0.3) is 0 Å². The topological polar surface area (TPSA) is 56.1 Å². The molecular weight excluding hydrogens is 298 g/mol. The molecule has 7 heteroatoms. The van der Waals surface area contributed by atoms with Gasteiger partial charge >= 0.3 is 0 Å². The zero-order valence-corrected chi connectivity index (χ0v) is 12.7. The van der Waals surface area contributed by atoms with Crippen LogP contribution in [0, 0.1) is 0 Å². The zero-order chi connectivity index (χ0) is 14.5. The summed E-state index contributed by atoms with van der Waals surface area (Å²) in [6.07, 6.45) is 2.97. The van der Waals surface area contributed by atoms with Gasteiger partial charge in [0, 0.05) is 13.1 Å². The van der Waals surface area contributed by atoms with Crippen molar-refractivity contribution in [3.8, 4) is 0 Å². The van der Waals surface area contributed by atoms with E-state index < -0.39 is 0 Å². The second-order valence-corrected chi connectivity index (χ2v) is 6.79. The second kappa shape index (κ2) is 4.76. The first-order valence-electron chi connectivity index (χ1n) is 7.50. The van der Waals surface area contributed by atoms with Gasteiger partial charge in [0.1, 0.15) is 0 Å². The number of hydrogen-bond acceptors (Lipinski definition) is 6. The Balaban J connectivity index is 1.43. The summed E-state index contributed by atoms with van der Waals surface area (Å²) in [7, 11) is 0. The molecule has 0 saturated carbocycles. The fourth-order valence-corrected chi connectivity index (χ4v) is 4.36. The number of fused-ring (bicyclic) bond motifs is 4. The Bertz CT molecular complexity index is 795. The van der Waals surface area contributed by atoms with Crippen LogP contribution in [0.1, 0.15) is 18.2 Å². The maximum atomic E-state index is 6.03. The molecule has 0 spiro atoms. The minimum absolute atomic E-state index is 0.162. The first-order valence-corrected chi connectivity index (χ1v) is 8.31. The average molecular weight is 313 g/mol. The van der Waals surface area contributed by atoms with E-state index in [1.54, 1.807) is 17.5 Å². The Labute approximate surface area is 131 Å². The van der Waals surface area contributed by atoms with E-state index >= 15 is 0 Å². The molecule has 5 rings (SSSR count). The molecule has 2 atom stereocenters. The molecule has 2 aliphatic rings. The minimum atomic E-state index is 0.162. The summed E-state index contributed by atoms with van der Waals surface area (Å²) >= 11 is 1.75. The molecule has 0 aliphatic carbocycles. The minimum Gasteiger partial charge on any atom is -0.368 e. The molecule has 3 aromatic rings. The molecule has 1 saturated heterocycles. The number of rotatable bonds is 1. The van der Waals surface area contributed by atoms with Crippen LogP contribution in [-0.4, -0.2) is 39.2 Å². The lowest BCUT2D eigenvalue weighted by atomic mass is 10.0. The molecule has 6 nitrogen and oxygen atoms in total. The molecule has 4 heterocycles. The van der Waals surface area contributed by atoms with Crippen molar-refractivity contribution in [2.24, 2.45) is 0 Å². The summed E-state index contributed by atoms with van der Waals surface area (Å²) in [6.45, 7) is 2.44. The largest absolute Gasteiger partial charge is 0.368 e. The Hall–Kier alpha value is -1.99. The van der Waals surface area contributed by atoms with Crippen molar-refractivity contribution >= 4 is 26.7 Å². The predicted octanol–water partition coefficient (Wildman–Crippen LogP) is 2.24. The van der Waals surface area contributed by atoms with Gasteiger partial charge in [-0.1, -0.05) is 28.7 Å². The molecule has 2 aromatic heterocycles. The van der Waals surface area contributed by atoms with Crippen molar-refractivity contribution in [3.63, 3.8) is 0 Å². The third-order valence-electron chi connectivity index (χ3n) is 4.49. The van der Waals surface area contributed by atoms with E-state index in [0.29, 0.717) is 12.6 Å². The highest BCUT2D eigenvalue weighted by Gasteiger charge is 2.37. The molecule has 0 amide bonds. The number of ether oxygens (including phenoxy) is 1. The van der Waals surface area contributed by atoms with Crippen LogP contribution in [0.15, 0.2) is 30.5 Å². The van der Waals surface area contributed by atoms with Crippen LogP contribution >= 0.6 is 11.3 Å². The monoisotopic (exact) mass is 313 g/mol.